The summed E-state index contributed by atoms with van der Waals surface area (Å²) in [5.74, 6) is 1.51. The molecule has 5 heteroatoms. The van der Waals surface area contributed by atoms with E-state index in [0.29, 0.717) is 18.1 Å². The van der Waals surface area contributed by atoms with Gasteiger partial charge in [-0.25, -0.2) is 0 Å². The summed E-state index contributed by atoms with van der Waals surface area (Å²) in [6.07, 6.45) is 5.16. The van der Waals surface area contributed by atoms with E-state index < -0.39 is 0 Å². The Balaban J connectivity index is 1.31. The normalized spacial score (nSPS) is 28.2. The molecule has 1 aromatic heterocycles. The van der Waals surface area contributed by atoms with E-state index in [1.54, 1.807) is 23.1 Å². The molecule has 3 aliphatic rings. The first kappa shape index (κ1) is 16.8. The number of benzene rings is 1. The fourth-order valence-corrected chi connectivity index (χ4v) is 6.82. The van der Waals surface area contributed by atoms with Crippen molar-refractivity contribution in [2.24, 2.45) is 11.3 Å². The number of amides is 1. The number of fused-ring (bicyclic) bond motifs is 2. The Bertz CT molecular complexity index is 800. The van der Waals surface area contributed by atoms with Crippen LogP contribution in [0.1, 0.15) is 40.9 Å². The molecule has 3 atom stereocenters. The highest BCUT2D eigenvalue weighted by molar-refractivity contribution is 7.98. The van der Waals surface area contributed by atoms with Gasteiger partial charge in [0.15, 0.2) is 0 Å². The van der Waals surface area contributed by atoms with Crippen LogP contribution in [0.25, 0.3) is 0 Å². The largest absolute Gasteiger partial charge is 0.377 e. The van der Waals surface area contributed by atoms with Crippen LogP contribution in [-0.2, 0) is 10.5 Å². The molecular formula is C21H23NO2S2. The third-order valence-electron chi connectivity index (χ3n) is 6.40. The Hall–Kier alpha value is -1.30. The molecule has 2 heterocycles. The molecule has 1 aromatic carbocycles. The minimum atomic E-state index is 0.0842. The lowest BCUT2D eigenvalue weighted by Gasteiger charge is -2.63. The van der Waals surface area contributed by atoms with Crippen LogP contribution in [0.15, 0.2) is 46.7 Å². The Kier molecular flexibility index (Phi) is 4.34. The zero-order chi connectivity index (χ0) is 17.6. The molecule has 0 unspecified atom stereocenters. The van der Waals surface area contributed by atoms with Crippen LogP contribution in [0.3, 0.4) is 0 Å². The number of hydrogen-bond acceptors (Lipinski definition) is 4. The van der Waals surface area contributed by atoms with Crippen LogP contribution in [0.2, 0.25) is 0 Å². The molecule has 3 fully saturated rings. The number of hydrogen-bond donors (Lipinski definition) is 1. The first-order chi connectivity index (χ1) is 12.8. The summed E-state index contributed by atoms with van der Waals surface area (Å²) in [4.78, 5) is 15.5. The van der Waals surface area contributed by atoms with Gasteiger partial charge < -0.3 is 10.1 Å². The number of rotatable bonds is 5. The quantitative estimate of drug-likeness (QED) is 0.757. The Labute approximate surface area is 162 Å². The maximum absolute atomic E-state index is 13.1. The standard InChI is InChI=1S/C21H23NO2S2/c23-20(22-18-16-8-11-24-19(16)21(18)9-4-10-21)15-6-1-2-7-17(15)26-13-14-5-3-12-25-14/h1-3,5-7,12,16,18-19H,4,8-11,13H2,(H,22,23)/t16-,18-,19-/m1/s1. The highest BCUT2D eigenvalue weighted by atomic mass is 32.2. The highest BCUT2D eigenvalue weighted by Crippen LogP contribution is 2.62. The number of carbonyl (C=O) groups is 1. The van der Waals surface area contributed by atoms with E-state index in [2.05, 4.69) is 28.9 Å². The summed E-state index contributed by atoms with van der Waals surface area (Å²) in [6.45, 7) is 0.858. The Morgan fingerprint density at radius 3 is 2.92 bits per heavy atom. The molecule has 1 saturated heterocycles. The van der Waals surface area contributed by atoms with Crippen molar-refractivity contribution in [3.8, 4) is 0 Å². The molecule has 2 saturated carbocycles. The van der Waals surface area contributed by atoms with Crippen molar-refractivity contribution in [2.45, 2.75) is 48.5 Å². The minimum absolute atomic E-state index is 0.0842. The Morgan fingerprint density at radius 2 is 2.15 bits per heavy atom. The molecule has 2 aromatic rings. The minimum Gasteiger partial charge on any atom is -0.377 e. The van der Waals surface area contributed by atoms with Crippen molar-refractivity contribution in [3.63, 3.8) is 0 Å². The molecule has 1 amide bonds. The second-order valence-corrected chi connectivity index (χ2v) is 9.70. The van der Waals surface area contributed by atoms with Gasteiger partial charge >= 0.3 is 0 Å². The number of ether oxygens (including phenoxy) is 1. The zero-order valence-electron chi connectivity index (χ0n) is 14.6. The van der Waals surface area contributed by atoms with Crippen molar-refractivity contribution >= 4 is 29.0 Å². The van der Waals surface area contributed by atoms with E-state index >= 15 is 0 Å². The monoisotopic (exact) mass is 385 g/mol. The third-order valence-corrected chi connectivity index (χ3v) is 8.59. The van der Waals surface area contributed by atoms with Gasteiger partial charge in [0.1, 0.15) is 0 Å². The van der Waals surface area contributed by atoms with Gasteiger partial charge in [0, 0.05) is 39.5 Å². The molecule has 0 bridgehead atoms. The molecule has 136 valence electrons. The van der Waals surface area contributed by atoms with E-state index in [1.807, 2.05) is 18.2 Å². The predicted molar refractivity (Wildman–Crippen MR) is 106 cm³/mol. The average Bonchev–Trinajstić information content (AvgIpc) is 3.27. The van der Waals surface area contributed by atoms with Gasteiger partial charge in [0.25, 0.3) is 5.91 Å². The Morgan fingerprint density at radius 1 is 1.27 bits per heavy atom. The average molecular weight is 386 g/mol. The van der Waals surface area contributed by atoms with Crippen LogP contribution in [0, 0.1) is 11.3 Å². The van der Waals surface area contributed by atoms with Gasteiger partial charge in [-0.2, -0.15) is 0 Å². The molecule has 3 nitrogen and oxygen atoms in total. The maximum atomic E-state index is 13.1. The van der Waals surface area contributed by atoms with Crippen LogP contribution in [-0.4, -0.2) is 24.7 Å². The molecule has 1 N–H and O–H groups in total. The van der Waals surface area contributed by atoms with Crippen molar-refractivity contribution in [2.75, 3.05) is 6.61 Å². The van der Waals surface area contributed by atoms with Crippen molar-refractivity contribution < 1.29 is 9.53 Å². The van der Waals surface area contributed by atoms with Gasteiger partial charge in [-0.1, -0.05) is 24.6 Å². The summed E-state index contributed by atoms with van der Waals surface area (Å²) in [7, 11) is 0. The summed E-state index contributed by atoms with van der Waals surface area (Å²) in [6, 6.07) is 12.5. The maximum Gasteiger partial charge on any atom is 0.252 e. The van der Waals surface area contributed by atoms with Crippen LogP contribution in [0.4, 0.5) is 0 Å². The molecular weight excluding hydrogens is 362 g/mol. The van der Waals surface area contributed by atoms with E-state index in [1.165, 1.54) is 24.1 Å². The van der Waals surface area contributed by atoms with Gasteiger partial charge in [0.2, 0.25) is 0 Å². The molecule has 1 aliphatic heterocycles. The molecule has 1 spiro atoms. The molecule has 2 aliphatic carbocycles. The number of thioether (sulfide) groups is 1. The fourth-order valence-electron chi connectivity index (χ4n) is 5.00. The smallest absolute Gasteiger partial charge is 0.252 e. The lowest BCUT2D eigenvalue weighted by atomic mass is 9.46. The van der Waals surface area contributed by atoms with Crippen LogP contribution >= 0.6 is 23.1 Å². The van der Waals surface area contributed by atoms with Crippen LogP contribution < -0.4 is 5.32 Å². The zero-order valence-corrected chi connectivity index (χ0v) is 16.3. The van der Waals surface area contributed by atoms with Crippen molar-refractivity contribution in [1.82, 2.24) is 5.32 Å². The number of nitrogens with one attached hydrogen (secondary N) is 1. The summed E-state index contributed by atoms with van der Waals surface area (Å²) in [5.41, 5.74) is 1.04. The van der Waals surface area contributed by atoms with Crippen molar-refractivity contribution in [3.05, 3.63) is 52.2 Å². The fraction of sp³-hybridized carbons (Fsp3) is 0.476. The lowest BCUT2D eigenvalue weighted by molar-refractivity contribution is -0.172. The summed E-state index contributed by atoms with van der Waals surface area (Å²) < 4.78 is 5.98. The van der Waals surface area contributed by atoms with Gasteiger partial charge in [-0.05, 0) is 42.8 Å². The SMILES string of the molecule is O=C(N[C@@H]1[C@H]2CCO[C@H]2C12CCC2)c1ccccc1SCc1cccs1. The van der Waals surface area contributed by atoms with Crippen LogP contribution in [0.5, 0.6) is 0 Å². The second kappa shape index (κ2) is 6.70. The van der Waals surface area contributed by atoms with E-state index in [-0.39, 0.29) is 11.3 Å². The first-order valence-electron chi connectivity index (χ1n) is 9.45. The molecule has 26 heavy (non-hydrogen) atoms. The first-order valence-corrected chi connectivity index (χ1v) is 11.3. The molecule has 0 radical (unpaired) electrons. The lowest BCUT2D eigenvalue weighted by Crippen LogP contribution is -2.71. The number of thiophene rings is 1. The van der Waals surface area contributed by atoms with Crippen molar-refractivity contribution in [1.29, 1.82) is 0 Å². The van der Waals surface area contributed by atoms with E-state index in [9.17, 15) is 4.79 Å². The van der Waals surface area contributed by atoms with Gasteiger partial charge in [-0.15, -0.1) is 23.1 Å². The van der Waals surface area contributed by atoms with Gasteiger partial charge in [0.05, 0.1) is 11.7 Å². The highest BCUT2D eigenvalue weighted by Gasteiger charge is 2.66. The summed E-state index contributed by atoms with van der Waals surface area (Å²) in [5, 5.41) is 5.50. The summed E-state index contributed by atoms with van der Waals surface area (Å²) >= 11 is 3.52. The number of carbonyl (C=O) groups excluding carboxylic acids is 1. The third kappa shape index (κ3) is 2.63. The topological polar surface area (TPSA) is 38.3 Å². The van der Waals surface area contributed by atoms with Gasteiger partial charge in [-0.3, -0.25) is 4.79 Å². The van der Waals surface area contributed by atoms with E-state index in [0.717, 1.165) is 29.2 Å². The second-order valence-electron chi connectivity index (χ2n) is 7.65. The predicted octanol–water partition coefficient (Wildman–Crippen LogP) is 4.73. The van der Waals surface area contributed by atoms with E-state index in [4.69, 9.17) is 4.74 Å². The molecule has 5 rings (SSSR count).